The summed E-state index contributed by atoms with van der Waals surface area (Å²) >= 11 is 0. The molecule has 0 amide bonds. The first-order valence-electron chi connectivity index (χ1n) is 5.95. The molecule has 1 unspecified atom stereocenters. The lowest BCUT2D eigenvalue weighted by molar-refractivity contribution is 0.0390. The molecule has 3 heteroatoms. The third-order valence-corrected chi connectivity index (χ3v) is 2.93. The van der Waals surface area contributed by atoms with Crippen LogP contribution in [0.2, 0.25) is 0 Å². The maximum absolute atomic E-state index is 9.15. The summed E-state index contributed by atoms with van der Waals surface area (Å²) in [6.07, 6.45) is 3.68. The Morgan fingerprint density at radius 3 is 2.81 bits per heavy atom. The monoisotopic (exact) mass is 221 g/mol. The predicted octanol–water partition coefficient (Wildman–Crippen LogP) is 1.70. The van der Waals surface area contributed by atoms with Crippen molar-refractivity contribution in [2.24, 2.45) is 0 Å². The smallest absolute Gasteiger partial charge is 0.115 e. The number of nitrogens with one attached hydrogen (secondary N) is 1. The Kier molecular flexibility index (Phi) is 4.19. The topological polar surface area (TPSA) is 41.5 Å². The second kappa shape index (κ2) is 5.87. The molecule has 1 heterocycles. The van der Waals surface area contributed by atoms with Crippen LogP contribution >= 0.6 is 0 Å². The normalized spacial score (nSPS) is 20.9. The minimum absolute atomic E-state index is 0.321. The van der Waals surface area contributed by atoms with Crippen molar-refractivity contribution in [1.82, 2.24) is 5.32 Å². The maximum atomic E-state index is 9.15. The Morgan fingerprint density at radius 1 is 1.31 bits per heavy atom. The van der Waals surface area contributed by atoms with E-state index in [0.29, 0.717) is 11.9 Å². The standard InChI is InChI=1S/C13H19NO2/c15-12-5-3-11(4-6-12)7-9-16-13-2-1-8-14-10-13/h3-6,13-15H,1-2,7-10H2. The molecule has 2 rings (SSSR count). The summed E-state index contributed by atoms with van der Waals surface area (Å²) in [6, 6.07) is 7.32. The van der Waals surface area contributed by atoms with Crippen molar-refractivity contribution in [1.29, 1.82) is 0 Å². The zero-order valence-corrected chi connectivity index (χ0v) is 9.48. The summed E-state index contributed by atoms with van der Waals surface area (Å²) in [6.45, 7) is 2.87. The van der Waals surface area contributed by atoms with Gasteiger partial charge in [-0.05, 0) is 43.5 Å². The molecule has 0 spiro atoms. The first kappa shape index (κ1) is 11.4. The highest BCUT2D eigenvalue weighted by Crippen LogP contribution is 2.11. The molecule has 0 bridgehead atoms. The summed E-state index contributed by atoms with van der Waals surface area (Å²) in [5, 5.41) is 12.5. The Balaban J connectivity index is 1.69. The first-order valence-corrected chi connectivity index (χ1v) is 5.95. The minimum Gasteiger partial charge on any atom is -0.508 e. The Morgan fingerprint density at radius 2 is 2.12 bits per heavy atom. The molecule has 1 aromatic carbocycles. The van der Waals surface area contributed by atoms with E-state index in [2.05, 4.69) is 5.32 Å². The molecule has 1 saturated heterocycles. The van der Waals surface area contributed by atoms with E-state index in [-0.39, 0.29) is 0 Å². The van der Waals surface area contributed by atoms with Gasteiger partial charge in [0.1, 0.15) is 5.75 Å². The molecule has 0 radical (unpaired) electrons. The largest absolute Gasteiger partial charge is 0.508 e. The van der Waals surface area contributed by atoms with Crippen LogP contribution in [-0.4, -0.2) is 30.9 Å². The van der Waals surface area contributed by atoms with Crippen molar-refractivity contribution < 1.29 is 9.84 Å². The van der Waals surface area contributed by atoms with Gasteiger partial charge in [0.05, 0.1) is 12.7 Å². The highest BCUT2D eigenvalue weighted by Gasteiger charge is 2.12. The van der Waals surface area contributed by atoms with Crippen molar-refractivity contribution in [2.45, 2.75) is 25.4 Å². The third kappa shape index (κ3) is 3.51. The molecular formula is C13H19NO2. The van der Waals surface area contributed by atoms with Crippen molar-refractivity contribution in [3.05, 3.63) is 29.8 Å². The van der Waals surface area contributed by atoms with Crippen LogP contribution in [0.5, 0.6) is 5.75 Å². The predicted molar refractivity (Wildman–Crippen MR) is 63.7 cm³/mol. The number of rotatable bonds is 4. The fourth-order valence-electron chi connectivity index (χ4n) is 1.97. The number of hydrogen-bond acceptors (Lipinski definition) is 3. The lowest BCUT2D eigenvalue weighted by atomic mass is 10.1. The number of phenols is 1. The fraction of sp³-hybridized carbons (Fsp3) is 0.538. The molecule has 3 nitrogen and oxygen atoms in total. The van der Waals surface area contributed by atoms with Crippen molar-refractivity contribution in [2.75, 3.05) is 19.7 Å². The Labute approximate surface area is 96.4 Å². The average Bonchev–Trinajstić information content (AvgIpc) is 2.33. The lowest BCUT2D eigenvalue weighted by Gasteiger charge is -2.23. The molecule has 0 saturated carbocycles. The van der Waals surface area contributed by atoms with Gasteiger partial charge in [-0.3, -0.25) is 0 Å². The van der Waals surface area contributed by atoms with Gasteiger partial charge in [-0.2, -0.15) is 0 Å². The molecule has 16 heavy (non-hydrogen) atoms. The summed E-state index contributed by atoms with van der Waals surface area (Å²) in [5.74, 6) is 0.321. The number of hydrogen-bond donors (Lipinski definition) is 2. The fourth-order valence-corrected chi connectivity index (χ4v) is 1.97. The average molecular weight is 221 g/mol. The molecule has 88 valence electrons. The Bertz CT molecular complexity index is 304. The quantitative estimate of drug-likeness (QED) is 0.813. The van der Waals surface area contributed by atoms with Crippen molar-refractivity contribution in [3.8, 4) is 5.75 Å². The van der Waals surface area contributed by atoms with Crippen LogP contribution < -0.4 is 5.32 Å². The van der Waals surface area contributed by atoms with Crippen LogP contribution in [0.3, 0.4) is 0 Å². The number of aromatic hydroxyl groups is 1. The number of phenolic OH excluding ortho intramolecular Hbond substituents is 1. The summed E-state index contributed by atoms with van der Waals surface area (Å²) in [7, 11) is 0. The second-order valence-corrected chi connectivity index (χ2v) is 4.26. The van der Waals surface area contributed by atoms with Crippen molar-refractivity contribution in [3.63, 3.8) is 0 Å². The highest BCUT2D eigenvalue weighted by molar-refractivity contribution is 5.25. The van der Waals surface area contributed by atoms with Crippen LogP contribution in [0.15, 0.2) is 24.3 Å². The maximum Gasteiger partial charge on any atom is 0.115 e. The summed E-state index contributed by atoms with van der Waals surface area (Å²) in [4.78, 5) is 0. The van der Waals surface area contributed by atoms with Crippen molar-refractivity contribution >= 4 is 0 Å². The lowest BCUT2D eigenvalue weighted by Crippen LogP contribution is -2.35. The molecule has 0 aliphatic carbocycles. The molecule has 1 fully saturated rings. The van der Waals surface area contributed by atoms with Gasteiger partial charge in [-0.15, -0.1) is 0 Å². The van der Waals surface area contributed by atoms with Crippen LogP contribution in [-0.2, 0) is 11.2 Å². The van der Waals surface area contributed by atoms with E-state index < -0.39 is 0 Å². The van der Waals surface area contributed by atoms with E-state index in [1.165, 1.54) is 18.4 Å². The molecule has 1 aromatic rings. The second-order valence-electron chi connectivity index (χ2n) is 4.26. The molecule has 1 aliphatic heterocycles. The number of piperidine rings is 1. The molecule has 1 aliphatic rings. The van der Waals surface area contributed by atoms with Gasteiger partial charge >= 0.3 is 0 Å². The highest BCUT2D eigenvalue weighted by atomic mass is 16.5. The van der Waals surface area contributed by atoms with Gasteiger partial charge in [0.2, 0.25) is 0 Å². The summed E-state index contributed by atoms with van der Waals surface area (Å²) in [5.41, 5.74) is 1.21. The first-order chi connectivity index (χ1) is 7.84. The van der Waals surface area contributed by atoms with E-state index in [4.69, 9.17) is 9.84 Å². The Hall–Kier alpha value is -1.06. The van der Waals surface area contributed by atoms with E-state index >= 15 is 0 Å². The molecule has 0 aromatic heterocycles. The SMILES string of the molecule is Oc1ccc(CCOC2CCCNC2)cc1. The third-order valence-electron chi connectivity index (χ3n) is 2.93. The van der Waals surface area contributed by atoms with Crippen LogP contribution in [0.1, 0.15) is 18.4 Å². The van der Waals surface area contributed by atoms with Crippen LogP contribution in [0, 0.1) is 0 Å². The van der Waals surface area contributed by atoms with E-state index in [9.17, 15) is 0 Å². The van der Waals surface area contributed by atoms with Gasteiger partial charge in [0, 0.05) is 6.54 Å². The number of benzene rings is 1. The zero-order valence-electron chi connectivity index (χ0n) is 9.48. The minimum atomic E-state index is 0.321. The van der Waals surface area contributed by atoms with E-state index in [1.807, 2.05) is 12.1 Å². The molecule has 2 N–H and O–H groups in total. The summed E-state index contributed by atoms with van der Waals surface area (Å²) < 4.78 is 5.79. The van der Waals surface area contributed by atoms with E-state index in [1.54, 1.807) is 12.1 Å². The van der Waals surface area contributed by atoms with Gasteiger partial charge in [0.25, 0.3) is 0 Å². The van der Waals surface area contributed by atoms with Crippen LogP contribution in [0.25, 0.3) is 0 Å². The van der Waals surface area contributed by atoms with Gasteiger partial charge < -0.3 is 15.2 Å². The molecular weight excluding hydrogens is 202 g/mol. The van der Waals surface area contributed by atoms with Gasteiger partial charge in [0.15, 0.2) is 0 Å². The zero-order chi connectivity index (χ0) is 11.2. The van der Waals surface area contributed by atoms with Gasteiger partial charge in [-0.1, -0.05) is 12.1 Å². The van der Waals surface area contributed by atoms with Crippen LogP contribution in [0.4, 0.5) is 0 Å². The molecule has 1 atom stereocenters. The van der Waals surface area contributed by atoms with E-state index in [0.717, 1.165) is 26.1 Å². The van der Waals surface area contributed by atoms with Gasteiger partial charge in [-0.25, -0.2) is 0 Å². The number of ether oxygens (including phenoxy) is 1.